The van der Waals surface area contributed by atoms with Crippen LogP contribution in [0, 0.1) is 0 Å². The third kappa shape index (κ3) is 3.21. The molecule has 2 aromatic heterocycles. The molecule has 0 saturated heterocycles. The summed E-state index contributed by atoms with van der Waals surface area (Å²) in [7, 11) is 3.95. The number of hydrogen-bond donors (Lipinski definition) is 1. The van der Waals surface area contributed by atoms with Gasteiger partial charge in [-0.1, -0.05) is 0 Å². The Morgan fingerprint density at radius 2 is 2.04 bits per heavy atom. The summed E-state index contributed by atoms with van der Waals surface area (Å²) in [6.45, 7) is 1.57. The van der Waals surface area contributed by atoms with E-state index in [-0.39, 0.29) is 5.91 Å². The van der Waals surface area contributed by atoms with Crippen LogP contribution in [0.5, 0.6) is 0 Å². The molecule has 0 radical (unpaired) electrons. The maximum absolute atomic E-state index is 12.2. The summed E-state index contributed by atoms with van der Waals surface area (Å²) in [5.74, 6) is 1.66. The molecule has 1 aliphatic rings. The summed E-state index contributed by atoms with van der Waals surface area (Å²) in [5, 5.41) is 0. The standard InChI is InChI=1S/C17H22N6O/c1-22(2)17-13-6-10-23(15(24)3-7-18)11-14(13)20-16(21-17)12-4-8-19-9-5-12/h4-5,8-9H,3,6-7,10-11,18H2,1-2H3. The van der Waals surface area contributed by atoms with Gasteiger partial charge in [0, 0.05) is 57.1 Å². The second-order valence-corrected chi connectivity index (χ2v) is 6.03. The number of nitrogens with zero attached hydrogens (tertiary/aromatic N) is 5. The van der Waals surface area contributed by atoms with Crippen LogP contribution in [0.4, 0.5) is 5.82 Å². The minimum absolute atomic E-state index is 0.0821. The fourth-order valence-corrected chi connectivity index (χ4v) is 2.91. The minimum atomic E-state index is 0.0821. The Balaban J connectivity index is 2.00. The Morgan fingerprint density at radius 1 is 1.29 bits per heavy atom. The molecule has 0 atom stereocenters. The van der Waals surface area contributed by atoms with Gasteiger partial charge >= 0.3 is 0 Å². The molecule has 2 aromatic rings. The van der Waals surface area contributed by atoms with Crippen molar-refractivity contribution >= 4 is 11.7 Å². The van der Waals surface area contributed by atoms with Crippen LogP contribution in [0.1, 0.15) is 17.7 Å². The number of hydrogen-bond acceptors (Lipinski definition) is 6. The van der Waals surface area contributed by atoms with E-state index in [1.54, 1.807) is 12.4 Å². The second-order valence-electron chi connectivity index (χ2n) is 6.03. The maximum atomic E-state index is 12.2. The maximum Gasteiger partial charge on any atom is 0.224 e. The first kappa shape index (κ1) is 16.3. The fraction of sp³-hybridized carbons (Fsp3) is 0.412. The highest BCUT2D eigenvalue weighted by molar-refractivity contribution is 5.77. The van der Waals surface area contributed by atoms with Crippen LogP contribution in [0.15, 0.2) is 24.5 Å². The van der Waals surface area contributed by atoms with Crippen molar-refractivity contribution in [1.82, 2.24) is 19.9 Å². The van der Waals surface area contributed by atoms with Crippen molar-refractivity contribution in [2.75, 3.05) is 32.1 Å². The molecule has 1 amide bonds. The van der Waals surface area contributed by atoms with Gasteiger partial charge in [0.2, 0.25) is 5.91 Å². The number of fused-ring (bicyclic) bond motifs is 1. The molecular formula is C17H22N6O. The highest BCUT2D eigenvalue weighted by Gasteiger charge is 2.25. The van der Waals surface area contributed by atoms with Gasteiger partial charge in [-0.2, -0.15) is 0 Å². The highest BCUT2D eigenvalue weighted by Crippen LogP contribution is 2.28. The molecule has 24 heavy (non-hydrogen) atoms. The Kier molecular flexibility index (Phi) is 4.71. The first-order chi connectivity index (χ1) is 11.6. The van der Waals surface area contributed by atoms with Gasteiger partial charge in [-0.15, -0.1) is 0 Å². The van der Waals surface area contributed by atoms with Gasteiger partial charge in [-0.05, 0) is 18.6 Å². The average molecular weight is 326 g/mol. The fourth-order valence-electron chi connectivity index (χ4n) is 2.91. The largest absolute Gasteiger partial charge is 0.362 e. The molecule has 0 fully saturated rings. The van der Waals surface area contributed by atoms with E-state index in [1.807, 2.05) is 36.0 Å². The van der Waals surface area contributed by atoms with Crippen LogP contribution in [0.3, 0.4) is 0 Å². The van der Waals surface area contributed by atoms with Crippen molar-refractivity contribution in [3.05, 3.63) is 35.8 Å². The molecule has 7 heteroatoms. The monoisotopic (exact) mass is 326 g/mol. The molecule has 0 saturated carbocycles. The Bertz CT molecular complexity index is 731. The zero-order valence-electron chi connectivity index (χ0n) is 14.1. The van der Waals surface area contributed by atoms with Crippen LogP contribution in [0.2, 0.25) is 0 Å². The second kappa shape index (κ2) is 6.92. The van der Waals surface area contributed by atoms with E-state index in [1.165, 1.54) is 0 Å². The number of amides is 1. The first-order valence-corrected chi connectivity index (χ1v) is 8.05. The molecular weight excluding hydrogens is 304 g/mol. The molecule has 3 heterocycles. The van der Waals surface area contributed by atoms with Crippen molar-refractivity contribution in [2.45, 2.75) is 19.4 Å². The quantitative estimate of drug-likeness (QED) is 0.895. The van der Waals surface area contributed by atoms with Gasteiger partial charge in [0.15, 0.2) is 5.82 Å². The van der Waals surface area contributed by atoms with Gasteiger partial charge in [0.1, 0.15) is 5.82 Å². The summed E-state index contributed by atoms with van der Waals surface area (Å²) in [5.41, 5.74) is 8.46. The molecule has 0 spiro atoms. The van der Waals surface area contributed by atoms with Crippen LogP contribution in [-0.4, -0.2) is 52.9 Å². The van der Waals surface area contributed by atoms with Gasteiger partial charge < -0.3 is 15.5 Å². The lowest BCUT2D eigenvalue weighted by Gasteiger charge is -2.30. The molecule has 126 valence electrons. The summed E-state index contributed by atoms with van der Waals surface area (Å²) < 4.78 is 0. The summed E-state index contributed by atoms with van der Waals surface area (Å²) >= 11 is 0. The van der Waals surface area contributed by atoms with E-state index in [0.717, 1.165) is 29.1 Å². The first-order valence-electron chi connectivity index (χ1n) is 8.05. The van der Waals surface area contributed by atoms with Crippen LogP contribution in [-0.2, 0) is 17.8 Å². The molecule has 7 nitrogen and oxygen atoms in total. The Hall–Kier alpha value is -2.54. The number of rotatable bonds is 4. The van der Waals surface area contributed by atoms with E-state index < -0.39 is 0 Å². The number of aromatic nitrogens is 3. The predicted molar refractivity (Wildman–Crippen MR) is 92.4 cm³/mol. The van der Waals surface area contributed by atoms with E-state index in [4.69, 9.17) is 15.7 Å². The smallest absolute Gasteiger partial charge is 0.224 e. The predicted octanol–water partition coefficient (Wildman–Crippen LogP) is 0.838. The van der Waals surface area contributed by atoms with Crippen molar-refractivity contribution in [3.8, 4) is 11.4 Å². The zero-order valence-corrected chi connectivity index (χ0v) is 14.1. The number of carbonyl (C=O) groups is 1. The molecule has 0 bridgehead atoms. The molecule has 1 aliphatic heterocycles. The molecule has 3 rings (SSSR count). The van der Waals surface area contributed by atoms with Gasteiger partial charge in [-0.3, -0.25) is 9.78 Å². The third-order valence-electron chi connectivity index (χ3n) is 4.12. The van der Waals surface area contributed by atoms with E-state index in [9.17, 15) is 4.79 Å². The number of nitrogens with two attached hydrogens (primary N) is 1. The molecule has 0 aliphatic carbocycles. The van der Waals surface area contributed by atoms with E-state index >= 15 is 0 Å². The number of carbonyl (C=O) groups excluding carboxylic acids is 1. The minimum Gasteiger partial charge on any atom is -0.362 e. The molecule has 2 N–H and O–H groups in total. The molecule has 0 unspecified atom stereocenters. The van der Waals surface area contributed by atoms with Crippen molar-refractivity contribution in [1.29, 1.82) is 0 Å². The van der Waals surface area contributed by atoms with Gasteiger partial charge in [0.25, 0.3) is 0 Å². The molecule has 0 aromatic carbocycles. The van der Waals surface area contributed by atoms with Crippen LogP contribution in [0.25, 0.3) is 11.4 Å². The highest BCUT2D eigenvalue weighted by atomic mass is 16.2. The lowest BCUT2D eigenvalue weighted by atomic mass is 10.0. The summed E-state index contributed by atoms with van der Waals surface area (Å²) in [4.78, 5) is 29.5. The summed E-state index contributed by atoms with van der Waals surface area (Å²) in [6.07, 6.45) is 4.59. The van der Waals surface area contributed by atoms with Gasteiger partial charge in [0.05, 0.1) is 12.2 Å². The van der Waals surface area contributed by atoms with Gasteiger partial charge in [-0.25, -0.2) is 9.97 Å². The third-order valence-corrected chi connectivity index (χ3v) is 4.12. The zero-order chi connectivity index (χ0) is 17.1. The lowest BCUT2D eigenvalue weighted by molar-refractivity contribution is -0.131. The SMILES string of the molecule is CN(C)c1nc(-c2ccncc2)nc2c1CCN(C(=O)CCN)C2. The van der Waals surface area contributed by atoms with E-state index in [2.05, 4.69) is 4.98 Å². The van der Waals surface area contributed by atoms with E-state index in [0.29, 0.717) is 31.9 Å². The van der Waals surface area contributed by atoms with Crippen molar-refractivity contribution in [2.24, 2.45) is 5.73 Å². The average Bonchev–Trinajstić information content (AvgIpc) is 2.61. The summed E-state index contributed by atoms with van der Waals surface area (Å²) in [6, 6.07) is 3.78. The number of anilines is 1. The number of pyridine rings is 1. The topological polar surface area (TPSA) is 88.2 Å². The van der Waals surface area contributed by atoms with Crippen molar-refractivity contribution in [3.63, 3.8) is 0 Å². The Morgan fingerprint density at radius 3 is 2.71 bits per heavy atom. The normalized spacial score (nSPS) is 13.5. The van der Waals surface area contributed by atoms with Crippen LogP contribution >= 0.6 is 0 Å². The van der Waals surface area contributed by atoms with Crippen LogP contribution < -0.4 is 10.6 Å². The lowest BCUT2D eigenvalue weighted by Crippen LogP contribution is -2.38. The Labute approximate surface area is 141 Å². The van der Waals surface area contributed by atoms with Crippen molar-refractivity contribution < 1.29 is 4.79 Å².